The topological polar surface area (TPSA) is 71.4 Å². The van der Waals surface area contributed by atoms with Crippen LogP contribution in [0.4, 0.5) is 0 Å². The Bertz CT molecular complexity index is 631. The predicted molar refractivity (Wildman–Crippen MR) is 85.6 cm³/mol. The van der Waals surface area contributed by atoms with Gasteiger partial charge in [-0.05, 0) is 62.6 Å². The molecule has 2 rings (SSSR count). The third kappa shape index (κ3) is 3.51. The SMILES string of the molecule is CCC(CC1CC1C(=O)O)c1ccc(S(=O)(=O)C(C)C)cc1. The molecule has 1 aliphatic carbocycles. The molecule has 1 N–H and O–H groups in total. The number of aliphatic carboxylic acids is 1. The first-order valence-corrected chi connectivity index (χ1v) is 9.38. The largest absolute Gasteiger partial charge is 0.481 e. The monoisotopic (exact) mass is 324 g/mol. The number of carboxylic acid groups (broad SMARTS) is 1. The Morgan fingerprint density at radius 2 is 1.86 bits per heavy atom. The molecule has 22 heavy (non-hydrogen) atoms. The van der Waals surface area contributed by atoms with Gasteiger partial charge in [-0.15, -0.1) is 0 Å². The standard InChI is InChI=1S/C17H24O4S/c1-4-12(9-14-10-16(14)17(18)19)13-5-7-15(8-6-13)22(20,21)11(2)3/h5-8,11-12,14,16H,4,9-10H2,1-3H3,(H,18,19). The fraction of sp³-hybridized carbons (Fsp3) is 0.588. The van der Waals surface area contributed by atoms with Crippen molar-refractivity contribution in [1.82, 2.24) is 0 Å². The van der Waals surface area contributed by atoms with Crippen LogP contribution < -0.4 is 0 Å². The maximum Gasteiger partial charge on any atom is 0.306 e. The van der Waals surface area contributed by atoms with Crippen LogP contribution in [0.3, 0.4) is 0 Å². The Morgan fingerprint density at radius 3 is 2.27 bits per heavy atom. The second-order valence-electron chi connectivity index (χ2n) is 6.44. The highest BCUT2D eigenvalue weighted by molar-refractivity contribution is 7.92. The lowest BCUT2D eigenvalue weighted by molar-refractivity contribution is -0.138. The minimum Gasteiger partial charge on any atom is -0.481 e. The molecule has 0 bridgehead atoms. The number of hydrogen-bond donors (Lipinski definition) is 1. The first-order valence-electron chi connectivity index (χ1n) is 7.84. The number of hydrogen-bond acceptors (Lipinski definition) is 3. The number of rotatable bonds is 7. The van der Waals surface area contributed by atoms with Crippen molar-refractivity contribution in [3.05, 3.63) is 29.8 Å². The highest BCUT2D eigenvalue weighted by atomic mass is 32.2. The summed E-state index contributed by atoms with van der Waals surface area (Å²) < 4.78 is 24.2. The van der Waals surface area contributed by atoms with Crippen molar-refractivity contribution >= 4 is 15.8 Å². The third-order valence-electron chi connectivity index (χ3n) is 4.62. The van der Waals surface area contributed by atoms with Gasteiger partial charge in [-0.2, -0.15) is 0 Å². The molecule has 122 valence electrons. The number of carbonyl (C=O) groups is 1. The minimum absolute atomic E-state index is 0.186. The quantitative estimate of drug-likeness (QED) is 0.833. The molecule has 0 radical (unpaired) electrons. The predicted octanol–water partition coefficient (Wildman–Crippen LogP) is 3.47. The molecule has 1 aliphatic rings. The number of sulfone groups is 1. The van der Waals surface area contributed by atoms with Crippen molar-refractivity contribution in [2.75, 3.05) is 0 Å². The van der Waals surface area contributed by atoms with Crippen LogP contribution >= 0.6 is 0 Å². The maximum absolute atomic E-state index is 12.1. The van der Waals surface area contributed by atoms with E-state index in [1.54, 1.807) is 26.0 Å². The van der Waals surface area contributed by atoms with Gasteiger partial charge in [-0.25, -0.2) is 8.42 Å². The molecule has 1 aromatic carbocycles. The lowest BCUT2D eigenvalue weighted by atomic mass is 9.91. The smallest absolute Gasteiger partial charge is 0.306 e. The highest BCUT2D eigenvalue weighted by Gasteiger charge is 2.43. The van der Waals surface area contributed by atoms with Crippen molar-refractivity contribution in [3.63, 3.8) is 0 Å². The van der Waals surface area contributed by atoms with Crippen molar-refractivity contribution in [2.45, 2.75) is 56.1 Å². The molecular weight excluding hydrogens is 300 g/mol. The molecule has 1 aromatic rings. The van der Waals surface area contributed by atoms with Crippen LogP contribution in [0, 0.1) is 11.8 Å². The Balaban J connectivity index is 2.10. The van der Waals surface area contributed by atoms with E-state index in [4.69, 9.17) is 5.11 Å². The molecule has 3 atom stereocenters. The van der Waals surface area contributed by atoms with E-state index in [0.717, 1.165) is 24.8 Å². The molecule has 3 unspecified atom stereocenters. The average Bonchev–Trinajstić information content (AvgIpc) is 3.24. The van der Waals surface area contributed by atoms with E-state index >= 15 is 0 Å². The molecule has 0 amide bonds. The van der Waals surface area contributed by atoms with Gasteiger partial charge < -0.3 is 5.11 Å². The molecule has 5 heteroatoms. The molecular formula is C17H24O4S. The second-order valence-corrected chi connectivity index (χ2v) is 8.95. The number of carboxylic acids is 1. The van der Waals surface area contributed by atoms with Crippen LogP contribution in [0.25, 0.3) is 0 Å². The van der Waals surface area contributed by atoms with Crippen LogP contribution in [0.15, 0.2) is 29.2 Å². The van der Waals surface area contributed by atoms with E-state index in [-0.39, 0.29) is 11.8 Å². The van der Waals surface area contributed by atoms with E-state index < -0.39 is 21.1 Å². The second kappa shape index (κ2) is 6.41. The normalized spacial score (nSPS) is 22.5. The van der Waals surface area contributed by atoms with Crippen LogP contribution in [-0.4, -0.2) is 24.7 Å². The van der Waals surface area contributed by atoms with Crippen molar-refractivity contribution in [2.24, 2.45) is 11.8 Å². The molecule has 0 saturated heterocycles. The first kappa shape index (κ1) is 17.0. The van der Waals surface area contributed by atoms with E-state index in [1.165, 1.54) is 0 Å². The van der Waals surface area contributed by atoms with Crippen LogP contribution in [0.5, 0.6) is 0 Å². The van der Waals surface area contributed by atoms with E-state index in [9.17, 15) is 13.2 Å². The molecule has 0 aliphatic heterocycles. The molecule has 0 heterocycles. The van der Waals surface area contributed by atoms with Crippen molar-refractivity contribution in [3.8, 4) is 0 Å². The maximum atomic E-state index is 12.1. The summed E-state index contributed by atoms with van der Waals surface area (Å²) in [6.45, 7) is 5.44. The van der Waals surface area contributed by atoms with Gasteiger partial charge in [-0.1, -0.05) is 19.1 Å². The lowest BCUT2D eigenvalue weighted by Gasteiger charge is -2.16. The summed E-state index contributed by atoms with van der Waals surface area (Å²) in [5.41, 5.74) is 1.10. The van der Waals surface area contributed by atoms with Gasteiger partial charge in [0.25, 0.3) is 0 Å². The zero-order valence-corrected chi connectivity index (χ0v) is 14.1. The molecule has 1 fully saturated rings. The van der Waals surface area contributed by atoms with E-state index in [0.29, 0.717) is 10.8 Å². The van der Waals surface area contributed by atoms with Crippen LogP contribution in [0.2, 0.25) is 0 Å². The van der Waals surface area contributed by atoms with Gasteiger partial charge in [0, 0.05) is 0 Å². The highest BCUT2D eigenvalue weighted by Crippen LogP contribution is 2.46. The fourth-order valence-corrected chi connectivity index (χ4v) is 3.98. The summed E-state index contributed by atoms with van der Waals surface area (Å²) in [4.78, 5) is 11.3. The van der Waals surface area contributed by atoms with Crippen molar-refractivity contribution in [1.29, 1.82) is 0 Å². The number of benzene rings is 1. The van der Waals surface area contributed by atoms with Gasteiger partial charge in [0.2, 0.25) is 0 Å². The Kier molecular flexibility index (Phi) is 4.95. The zero-order valence-electron chi connectivity index (χ0n) is 13.3. The zero-order chi connectivity index (χ0) is 16.5. The van der Waals surface area contributed by atoms with Crippen LogP contribution in [0.1, 0.15) is 51.5 Å². The van der Waals surface area contributed by atoms with Crippen LogP contribution in [-0.2, 0) is 14.6 Å². The first-order chi connectivity index (χ1) is 10.3. The minimum atomic E-state index is -3.23. The summed E-state index contributed by atoms with van der Waals surface area (Å²) in [5, 5.41) is 8.56. The molecule has 1 saturated carbocycles. The van der Waals surface area contributed by atoms with E-state index in [2.05, 4.69) is 6.92 Å². The molecule has 4 nitrogen and oxygen atoms in total. The van der Waals surface area contributed by atoms with E-state index in [1.807, 2.05) is 12.1 Å². The lowest BCUT2D eigenvalue weighted by Crippen LogP contribution is -2.14. The average molecular weight is 324 g/mol. The third-order valence-corrected chi connectivity index (χ3v) is 6.79. The Labute approximate surface area is 132 Å². The molecule has 0 aromatic heterocycles. The summed E-state index contributed by atoms with van der Waals surface area (Å²) >= 11 is 0. The summed E-state index contributed by atoms with van der Waals surface area (Å²) in [5.74, 6) is -0.320. The summed E-state index contributed by atoms with van der Waals surface area (Å²) in [6, 6.07) is 7.10. The Morgan fingerprint density at radius 1 is 1.27 bits per heavy atom. The Hall–Kier alpha value is -1.36. The summed E-state index contributed by atoms with van der Waals surface area (Å²) in [6.07, 6.45) is 2.56. The van der Waals surface area contributed by atoms with Gasteiger partial charge in [0.1, 0.15) is 0 Å². The summed E-state index contributed by atoms with van der Waals surface area (Å²) in [7, 11) is -3.23. The van der Waals surface area contributed by atoms with Crippen molar-refractivity contribution < 1.29 is 18.3 Å². The van der Waals surface area contributed by atoms with Gasteiger partial charge in [-0.3, -0.25) is 4.79 Å². The van der Waals surface area contributed by atoms with Gasteiger partial charge in [0.15, 0.2) is 9.84 Å². The molecule has 0 spiro atoms. The van der Waals surface area contributed by atoms with Gasteiger partial charge in [0.05, 0.1) is 16.1 Å². The van der Waals surface area contributed by atoms with Gasteiger partial charge >= 0.3 is 5.97 Å². The fourth-order valence-electron chi connectivity index (χ4n) is 2.92.